The van der Waals surface area contributed by atoms with E-state index in [4.69, 9.17) is 0 Å². The third kappa shape index (κ3) is 3.58. The van der Waals surface area contributed by atoms with Gasteiger partial charge in [-0.3, -0.25) is 0 Å². The molecule has 0 spiro atoms. The first-order valence-electron chi connectivity index (χ1n) is 2.82. The molecule has 41 valence electrons. The molecule has 0 amide bonds. The van der Waals surface area contributed by atoms with Crippen LogP contribution in [0.25, 0.3) is 0 Å². The molecule has 1 radical (unpaired) electrons. The molecule has 0 aliphatic heterocycles. The smallest absolute Gasteiger partial charge is 0 e. The van der Waals surface area contributed by atoms with E-state index >= 15 is 0 Å². The van der Waals surface area contributed by atoms with Crippen molar-refractivity contribution in [3.63, 3.8) is 0 Å². The van der Waals surface area contributed by atoms with Crippen molar-refractivity contribution in [1.29, 1.82) is 0 Å². The maximum absolute atomic E-state index is 2.39. The van der Waals surface area contributed by atoms with E-state index in [9.17, 15) is 0 Å². The minimum Gasteiger partial charge on any atom is -0.328 e. The van der Waals surface area contributed by atoms with Gasteiger partial charge in [0.2, 0.25) is 0 Å². The van der Waals surface area contributed by atoms with Gasteiger partial charge in [0, 0.05) is 29.9 Å². The summed E-state index contributed by atoms with van der Waals surface area (Å²) in [4.78, 5) is 0. The van der Waals surface area contributed by atoms with Crippen LogP contribution in [0.5, 0.6) is 0 Å². The molecule has 0 unspecified atom stereocenters. The summed E-state index contributed by atoms with van der Waals surface area (Å²) in [6.45, 7) is 0. The van der Waals surface area contributed by atoms with Crippen molar-refractivity contribution in [1.82, 2.24) is 0 Å². The van der Waals surface area contributed by atoms with E-state index in [-0.39, 0.29) is 29.9 Å². The summed E-state index contributed by atoms with van der Waals surface area (Å²) in [5.41, 5.74) is 0. The first-order valence-corrected chi connectivity index (χ1v) is 2.82. The Kier molecular flexibility index (Phi) is 5.90. The Morgan fingerprint density at radius 3 is 1.57 bits per heavy atom. The maximum Gasteiger partial charge on any atom is 0 e. The maximum atomic E-state index is 2.39. The van der Waals surface area contributed by atoms with Crippen LogP contribution < -0.4 is 0 Å². The Bertz CT molecular complexity index is 19.7. The van der Waals surface area contributed by atoms with Crippen LogP contribution in [0.3, 0.4) is 0 Å². The summed E-state index contributed by atoms with van der Waals surface area (Å²) in [6.07, 6.45) is 9.50. The Hall–Kier alpha value is 1.01. The normalized spacial score (nSPS) is 20.6. The van der Waals surface area contributed by atoms with Gasteiger partial charge in [0.05, 0.1) is 0 Å². The molecule has 0 saturated heterocycles. The van der Waals surface area contributed by atoms with Crippen molar-refractivity contribution in [2.75, 3.05) is 0 Å². The van der Waals surface area contributed by atoms with Gasteiger partial charge in [0.1, 0.15) is 0 Å². The fraction of sp³-hybridized carbons (Fsp3) is 0.833. The minimum absolute atomic E-state index is 0. The summed E-state index contributed by atoms with van der Waals surface area (Å²) < 4.78 is 0. The first kappa shape index (κ1) is 8.01. The second-order valence-electron chi connectivity index (χ2n) is 1.93. The van der Waals surface area contributed by atoms with Crippen molar-refractivity contribution in [3.05, 3.63) is 6.42 Å². The molecular formula is C6H11Np-. The van der Waals surface area contributed by atoms with Crippen LogP contribution in [0.2, 0.25) is 0 Å². The van der Waals surface area contributed by atoms with Crippen LogP contribution in [0.1, 0.15) is 32.1 Å². The Morgan fingerprint density at radius 2 is 1.43 bits per heavy atom. The topological polar surface area (TPSA) is 0 Å². The van der Waals surface area contributed by atoms with Crippen molar-refractivity contribution in [2.45, 2.75) is 32.1 Å². The average molecular weight is 320 g/mol. The molecule has 0 nitrogen and oxygen atoms in total. The van der Waals surface area contributed by atoms with Crippen LogP contribution >= 0.6 is 0 Å². The van der Waals surface area contributed by atoms with Crippen molar-refractivity contribution in [2.24, 2.45) is 0 Å². The summed E-state index contributed by atoms with van der Waals surface area (Å²) in [5.74, 6) is 0. The molecule has 0 N–H and O–H groups in total. The van der Waals surface area contributed by atoms with E-state index in [1.54, 1.807) is 0 Å². The quantitative estimate of drug-likeness (QED) is 0.600. The monoisotopic (exact) mass is 319 g/mol. The van der Waals surface area contributed by atoms with Gasteiger partial charge in [-0.1, -0.05) is 19.3 Å². The van der Waals surface area contributed by atoms with Crippen molar-refractivity contribution in [3.8, 4) is 0 Å². The third-order valence-electron chi connectivity index (χ3n) is 1.32. The fourth-order valence-electron chi connectivity index (χ4n) is 0.898. The number of hydrogen-bond donors (Lipinski definition) is 0. The van der Waals surface area contributed by atoms with Gasteiger partial charge >= 0.3 is 0 Å². The second kappa shape index (κ2) is 5.16. The molecule has 7 heavy (non-hydrogen) atoms. The summed E-state index contributed by atoms with van der Waals surface area (Å²) in [5, 5.41) is 0. The average Bonchev–Trinajstić information content (AvgIpc) is 1.72. The van der Waals surface area contributed by atoms with Crippen molar-refractivity contribution < 1.29 is 29.9 Å². The van der Waals surface area contributed by atoms with Gasteiger partial charge in [-0.15, -0.1) is 0 Å². The van der Waals surface area contributed by atoms with Crippen LogP contribution in [0.4, 0.5) is 0 Å². The second-order valence-corrected chi connectivity index (χ2v) is 1.93. The summed E-state index contributed by atoms with van der Waals surface area (Å²) in [7, 11) is 0. The Labute approximate surface area is 68.3 Å². The van der Waals surface area contributed by atoms with Gasteiger partial charge in [0.25, 0.3) is 0 Å². The Morgan fingerprint density at radius 1 is 0.857 bits per heavy atom. The third-order valence-corrected chi connectivity index (χ3v) is 1.32. The van der Waals surface area contributed by atoms with Crippen LogP contribution in [0, 0.1) is 36.4 Å². The zero-order chi connectivity index (χ0) is 4.24. The van der Waals surface area contributed by atoms with E-state index in [0.717, 1.165) is 0 Å². The van der Waals surface area contributed by atoms with Crippen LogP contribution in [0.15, 0.2) is 0 Å². The predicted octanol–water partition coefficient (Wildman–Crippen LogP) is 2.15. The SMILES string of the molecule is [CH-]1CCCCC1.[Np]. The molecule has 1 heteroatoms. The predicted molar refractivity (Wildman–Crippen MR) is 27.4 cm³/mol. The molecule has 0 heterocycles. The number of rotatable bonds is 0. The molecule has 1 saturated carbocycles. The molecule has 0 aromatic rings. The molecule has 0 bridgehead atoms. The van der Waals surface area contributed by atoms with Gasteiger partial charge in [-0.05, 0) is 0 Å². The zero-order valence-corrected chi connectivity index (χ0v) is 8.28. The van der Waals surface area contributed by atoms with Gasteiger partial charge in [-0.25, -0.2) is 0 Å². The largest absolute Gasteiger partial charge is 0.328 e. The van der Waals surface area contributed by atoms with Crippen molar-refractivity contribution >= 4 is 0 Å². The first-order chi connectivity index (χ1) is 3.00. The molecule has 1 rings (SSSR count). The molecule has 0 aromatic heterocycles. The molecule has 1 aliphatic rings. The molecule has 0 aromatic carbocycles. The van der Waals surface area contributed by atoms with E-state index in [1.165, 1.54) is 32.1 Å². The van der Waals surface area contributed by atoms with E-state index in [1.807, 2.05) is 0 Å². The van der Waals surface area contributed by atoms with E-state index < -0.39 is 0 Å². The molecule has 0 atom stereocenters. The molecule has 1 fully saturated rings. The minimum atomic E-state index is 0. The molecule has 1 aliphatic carbocycles. The van der Waals surface area contributed by atoms with E-state index in [0.29, 0.717) is 0 Å². The van der Waals surface area contributed by atoms with Crippen LogP contribution in [-0.4, -0.2) is 0 Å². The van der Waals surface area contributed by atoms with Gasteiger partial charge < -0.3 is 6.42 Å². The summed E-state index contributed by atoms with van der Waals surface area (Å²) in [6, 6.07) is 0. The van der Waals surface area contributed by atoms with Gasteiger partial charge in [-0.2, -0.15) is 12.8 Å². The van der Waals surface area contributed by atoms with E-state index in [2.05, 4.69) is 6.42 Å². The zero-order valence-electron chi connectivity index (χ0n) is 4.56. The standard InChI is InChI=1S/C6H11.Np/c1-2-4-6-5-3-1;/h1H,2-6H2;/q-1;. The van der Waals surface area contributed by atoms with Gasteiger partial charge in [0.15, 0.2) is 0 Å². The van der Waals surface area contributed by atoms with Crippen LogP contribution in [-0.2, 0) is 0 Å². The fourth-order valence-corrected chi connectivity index (χ4v) is 0.898. The Balaban J connectivity index is 0.000000360. The molecular weight excluding hydrogens is 309 g/mol. The summed E-state index contributed by atoms with van der Waals surface area (Å²) >= 11 is 0. The number of hydrogen-bond acceptors (Lipinski definition) is 0.